The minimum absolute atomic E-state index is 0.0489. The van der Waals surface area contributed by atoms with Crippen molar-refractivity contribution in [1.82, 2.24) is 9.21 Å². The molecule has 1 saturated heterocycles. The van der Waals surface area contributed by atoms with Gasteiger partial charge in [0.15, 0.2) is 0 Å². The molecule has 0 aromatic heterocycles. The van der Waals surface area contributed by atoms with Crippen molar-refractivity contribution in [2.75, 3.05) is 19.0 Å². The van der Waals surface area contributed by atoms with Crippen LogP contribution in [0.3, 0.4) is 0 Å². The van der Waals surface area contributed by atoms with Crippen LogP contribution in [0.4, 0.5) is 0 Å². The Balaban J connectivity index is 1.87. The normalized spacial score (nSPS) is 25.4. The second kappa shape index (κ2) is 5.13. The smallest absolute Gasteiger partial charge is 0.217 e. The summed E-state index contributed by atoms with van der Waals surface area (Å²) in [6.45, 7) is 6.22. The first-order valence-electron chi connectivity index (χ1n) is 7.32. The number of benzene rings is 1. The second-order valence-corrected chi connectivity index (χ2v) is 7.93. The lowest BCUT2D eigenvalue weighted by Gasteiger charge is -2.37. The first kappa shape index (κ1) is 14.0. The molecule has 0 saturated carbocycles. The Bertz CT molecular complexity index is 612. The van der Waals surface area contributed by atoms with Gasteiger partial charge in [0.2, 0.25) is 10.0 Å². The molecule has 3 rings (SSSR count). The number of rotatable bonds is 3. The first-order chi connectivity index (χ1) is 9.51. The third-order valence-corrected chi connectivity index (χ3v) is 6.16. The molecule has 0 spiro atoms. The van der Waals surface area contributed by atoms with E-state index in [9.17, 15) is 8.42 Å². The zero-order valence-electron chi connectivity index (χ0n) is 12.2. The van der Waals surface area contributed by atoms with Gasteiger partial charge in [-0.25, -0.2) is 8.42 Å². The van der Waals surface area contributed by atoms with Crippen LogP contribution in [0, 0.1) is 6.92 Å². The number of hydrogen-bond acceptors (Lipinski definition) is 3. The average Bonchev–Trinajstić information content (AvgIpc) is 2.72. The Kier molecular flexibility index (Phi) is 3.60. The van der Waals surface area contributed by atoms with Gasteiger partial charge in [-0.05, 0) is 24.5 Å². The van der Waals surface area contributed by atoms with Crippen molar-refractivity contribution >= 4 is 10.0 Å². The van der Waals surface area contributed by atoms with Gasteiger partial charge in [-0.15, -0.1) is 0 Å². The van der Waals surface area contributed by atoms with Gasteiger partial charge in [0.1, 0.15) is 0 Å². The zero-order chi connectivity index (χ0) is 14.3. The van der Waals surface area contributed by atoms with E-state index in [1.165, 1.54) is 16.7 Å². The van der Waals surface area contributed by atoms with Crippen molar-refractivity contribution in [3.63, 3.8) is 0 Å². The molecule has 2 aliphatic heterocycles. The standard InChI is InChI=1S/C15H22N2O2S/c1-3-4-7-17-11-16-9-13-6-5-12(2)8-14(13)15(16)10-20(17,18)19/h5-6,8,15H,3-4,7,9-11H2,1-2H3. The molecule has 4 nitrogen and oxygen atoms in total. The lowest BCUT2D eigenvalue weighted by Crippen LogP contribution is -2.49. The summed E-state index contributed by atoms with van der Waals surface area (Å²) in [6.07, 6.45) is 1.96. The van der Waals surface area contributed by atoms with E-state index in [4.69, 9.17) is 0 Å². The van der Waals surface area contributed by atoms with Crippen LogP contribution in [0.1, 0.15) is 42.5 Å². The summed E-state index contributed by atoms with van der Waals surface area (Å²) in [5, 5.41) is 0. The van der Waals surface area contributed by atoms with Crippen molar-refractivity contribution in [3.8, 4) is 0 Å². The average molecular weight is 294 g/mol. The van der Waals surface area contributed by atoms with Gasteiger partial charge in [-0.2, -0.15) is 4.31 Å². The molecule has 5 heteroatoms. The summed E-state index contributed by atoms with van der Waals surface area (Å²) in [7, 11) is -3.11. The molecule has 0 radical (unpaired) electrons. The van der Waals surface area contributed by atoms with E-state index in [0.29, 0.717) is 13.2 Å². The van der Waals surface area contributed by atoms with Crippen LogP contribution < -0.4 is 0 Å². The fourth-order valence-corrected chi connectivity index (χ4v) is 4.91. The van der Waals surface area contributed by atoms with Crippen molar-refractivity contribution in [1.29, 1.82) is 0 Å². The van der Waals surface area contributed by atoms with Gasteiger partial charge < -0.3 is 0 Å². The lowest BCUT2D eigenvalue weighted by molar-refractivity contribution is 0.140. The summed E-state index contributed by atoms with van der Waals surface area (Å²) >= 11 is 0. The summed E-state index contributed by atoms with van der Waals surface area (Å²) in [5.41, 5.74) is 3.70. The molecule has 0 bridgehead atoms. The van der Waals surface area contributed by atoms with E-state index in [1.807, 2.05) is 0 Å². The zero-order valence-corrected chi connectivity index (χ0v) is 13.0. The number of fused-ring (bicyclic) bond motifs is 3. The molecule has 0 aliphatic carbocycles. The molecule has 20 heavy (non-hydrogen) atoms. The van der Waals surface area contributed by atoms with Crippen LogP contribution in [0.2, 0.25) is 0 Å². The number of aryl methyl sites for hydroxylation is 1. The predicted molar refractivity (Wildman–Crippen MR) is 79.7 cm³/mol. The van der Waals surface area contributed by atoms with E-state index in [0.717, 1.165) is 19.4 Å². The van der Waals surface area contributed by atoms with E-state index < -0.39 is 10.0 Å². The number of sulfonamides is 1. The highest BCUT2D eigenvalue weighted by Gasteiger charge is 2.41. The third kappa shape index (κ3) is 2.38. The molecule has 0 N–H and O–H groups in total. The Morgan fingerprint density at radius 1 is 1.35 bits per heavy atom. The highest BCUT2D eigenvalue weighted by molar-refractivity contribution is 7.89. The van der Waals surface area contributed by atoms with Gasteiger partial charge in [0.05, 0.1) is 18.5 Å². The van der Waals surface area contributed by atoms with E-state index in [1.54, 1.807) is 4.31 Å². The Morgan fingerprint density at radius 3 is 2.90 bits per heavy atom. The SMILES string of the molecule is CCCCN1CN2Cc3ccc(C)cc3C2CS1(=O)=O. The van der Waals surface area contributed by atoms with Crippen molar-refractivity contribution < 1.29 is 8.42 Å². The summed E-state index contributed by atoms with van der Waals surface area (Å²) in [6, 6.07) is 6.46. The molecule has 2 heterocycles. The van der Waals surface area contributed by atoms with E-state index >= 15 is 0 Å². The minimum Gasteiger partial charge on any atom is -0.277 e. The first-order valence-corrected chi connectivity index (χ1v) is 8.93. The molecular formula is C15H22N2O2S. The maximum absolute atomic E-state index is 12.4. The lowest BCUT2D eigenvalue weighted by atomic mass is 10.0. The van der Waals surface area contributed by atoms with Crippen molar-refractivity contribution in [2.45, 2.75) is 39.3 Å². The molecule has 2 aliphatic rings. The maximum Gasteiger partial charge on any atom is 0.217 e. The van der Waals surface area contributed by atoms with Gasteiger partial charge in [-0.3, -0.25) is 4.90 Å². The third-order valence-electron chi connectivity index (χ3n) is 4.34. The summed E-state index contributed by atoms with van der Waals surface area (Å²) in [4.78, 5) is 2.29. The van der Waals surface area contributed by atoms with Crippen molar-refractivity contribution in [3.05, 3.63) is 34.9 Å². The van der Waals surface area contributed by atoms with Gasteiger partial charge in [0, 0.05) is 13.1 Å². The highest BCUT2D eigenvalue weighted by Crippen LogP contribution is 2.38. The molecular weight excluding hydrogens is 272 g/mol. The van der Waals surface area contributed by atoms with Gasteiger partial charge in [-0.1, -0.05) is 37.1 Å². The molecule has 110 valence electrons. The number of nitrogens with zero attached hydrogens (tertiary/aromatic N) is 2. The second-order valence-electron chi connectivity index (χ2n) is 5.91. The van der Waals surface area contributed by atoms with Gasteiger partial charge >= 0.3 is 0 Å². The monoisotopic (exact) mass is 294 g/mol. The van der Waals surface area contributed by atoms with E-state index in [2.05, 4.69) is 36.9 Å². The quantitative estimate of drug-likeness (QED) is 0.858. The van der Waals surface area contributed by atoms with Crippen LogP contribution in [-0.2, 0) is 16.6 Å². The van der Waals surface area contributed by atoms with Crippen LogP contribution in [0.25, 0.3) is 0 Å². The Labute approximate surface area is 121 Å². The van der Waals surface area contributed by atoms with Crippen LogP contribution in [0.15, 0.2) is 18.2 Å². The largest absolute Gasteiger partial charge is 0.277 e. The molecule has 1 fully saturated rings. The van der Waals surface area contributed by atoms with Crippen LogP contribution in [-0.4, -0.2) is 36.6 Å². The summed E-state index contributed by atoms with van der Waals surface area (Å²) < 4.78 is 26.5. The molecule has 0 amide bonds. The molecule has 1 aromatic carbocycles. The van der Waals surface area contributed by atoms with E-state index in [-0.39, 0.29) is 11.8 Å². The van der Waals surface area contributed by atoms with Crippen LogP contribution in [0.5, 0.6) is 0 Å². The fraction of sp³-hybridized carbons (Fsp3) is 0.600. The fourth-order valence-electron chi connectivity index (χ4n) is 3.18. The Hall–Kier alpha value is -0.910. The maximum atomic E-state index is 12.4. The van der Waals surface area contributed by atoms with Gasteiger partial charge in [0.25, 0.3) is 0 Å². The van der Waals surface area contributed by atoms with Crippen LogP contribution >= 0.6 is 0 Å². The minimum atomic E-state index is -3.11. The molecule has 1 atom stereocenters. The molecule has 1 aromatic rings. The number of hydrogen-bond donors (Lipinski definition) is 0. The topological polar surface area (TPSA) is 40.6 Å². The number of unbranched alkanes of at least 4 members (excludes halogenated alkanes) is 1. The molecule has 1 unspecified atom stereocenters. The Morgan fingerprint density at radius 2 is 2.15 bits per heavy atom. The van der Waals surface area contributed by atoms with Crippen molar-refractivity contribution in [2.24, 2.45) is 0 Å². The predicted octanol–water partition coefficient (Wildman–Crippen LogP) is 2.25. The summed E-state index contributed by atoms with van der Waals surface area (Å²) in [5.74, 6) is 0.229. The highest BCUT2D eigenvalue weighted by atomic mass is 32.2.